The van der Waals surface area contributed by atoms with Gasteiger partial charge in [-0.2, -0.15) is 10.2 Å². The minimum Gasteiger partial charge on any atom is -0.411 e. The van der Waals surface area contributed by atoms with Gasteiger partial charge in [0.15, 0.2) is 0 Å². The normalized spacial score (nSPS) is 16.4. The van der Waals surface area contributed by atoms with E-state index < -0.39 is 0 Å². The van der Waals surface area contributed by atoms with Crippen molar-refractivity contribution in [1.82, 2.24) is 10.2 Å². The predicted molar refractivity (Wildman–Crippen MR) is 77.7 cm³/mol. The second-order valence-electron chi connectivity index (χ2n) is 4.76. The highest BCUT2D eigenvalue weighted by Crippen LogP contribution is 2.27. The van der Waals surface area contributed by atoms with Crippen LogP contribution in [0, 0.1) is 0 Å². The number of aromatic nitrogens is 2. The molecule has 2 heterocycles. The van der Waals surface area contributed by atoms with Gasteiger partial charge in [-0.15, -0.1) is 0 Å². The van der Waals surface area contributed by atoms with Crippen molar-refractivity contribution in [2.75, 3.05) is 11.4 Å². The van der Waals surface area contributed by atoms with Gasteiger partial charge in [0.05, 0.1) is 29.4 Å². The lowest BCUT2D eigenvalue weighted by Gasteiger charge is -2.22. The Hall–Kier alpha value is -2.76. The number of oxime groups is 1. The maximum Gasteiger partial charge on any atom is 0.259 e. The van der Waals surface area contributed by atoms with Crippen LogP contribution in [0.15, 0.2) is 47.9 Å². The van der Waals surface area contributed by atoms with Gasteiger partial charge in [0, 0.05) is 12.1 Å². The Morgan fingerprint density at radius 3 is 2.86 bits per heavy atom. The largest absolute Gasteiger partial charge is 0.411 e. The van der Waals surface area contributed by atoms with Gasteiger partial charge in [0.25, 0.3) is 5.91 Å². The maximum atomic E-state index is 12.7. The van der Waals surface area contributed by atoms with E-state index in [4.69, 9.17) is 0 Å². The summed E-state index contributed by atoms with van der Waals surface area (Å²) in [5.74, 6) is -0.128. The highest BCUT2D eigenvalue weighted by Gasteiger charge is 2.25. The van der Waals surface area contributed by atoms with Gasteiger partial charge in [-0.25, -0.2) is 0 Å². The molecular weight excluding hydrogens is 268 g/mol. The number of hydrogen-bond acceptors (Lipinski definition) is 5. The van der Waals surface area contributed by atoms with E-state index in [1.165, 1.54) is 12.4 Å². The summed E-state index contributed by atoms with van der Waals surface area (Å²) >= 11 is 0. The number of anilines is 1. The highest BCUT2D eigenvalue weighted by molar-refractivity contribution is 6.12. The van der Waals surface area contributed by atoms with Crippen molar-refractivity contribution in [2.24, 2.45) is 5.16 Å². The average Bonchev–Trinajstić information content (AvgIpc) is 2.74. The number of nitrogens with zero attached hydrogens (tertiary/aromatic N) is 4. The molecule has 21 heavy (non-hydrogen) atoms. The highest BCUT2D eigenvalue weighted by atomic mass is 16.4. The zero-order valence-electron chi connectivity index (χ0n) is 11.3. The van der Waals surface area contributed by atoms with E-state index in [9.17, 15) is 10.0 Å². The number of fused-ring (bicyclic) bond motifs is 1. The molecule has 1 N–H and O–H groups in total. The van der Waals surface area contributed by atoms with Crippen molar-refractivity contribution in [3.63, 3.8) is 0 Å². The molecule has 0 unspecified atom stereocenters. The van der Waals surface area contributed by atoms with Crippen molar-refractivity contribution < 1.29 is 10.0 Å². The molecule has 2 aromatic rings. The molecule has 0 saturated heterocycles. The second kappa shape index (κ2) is 5.70. The Bertz CT molecular complexity index is 685. The van der Waals surface area contributed by atoms with Crippen LogP contribution in [0.25, 0.3) is 0 Å². The lowest BCUT2D eigenvalue weighted by atomic mass is 10.1. The molecule has 1 aliphatic heterocycles. The Morgan fingerprint density at radius 1 is 1.24 bits per heavy atom. The third kappa shape index (κ3) is 2.47. The monoisotopic (exact) mass is 282 g/mol. The molecular formula is C15H14N4O2. The predicted octanol–water partition coefficient (Wildman–Crippen LogP) is 2.10. The fraction of sp³-hybridized carbons (Fsp3) is 0.200. The Kier molecular flexibility index (Phi) is 3.59. The van der Waals surface area contributed by atoms with Crippen LogP contribution in [0.3, 0.4) is 0 Å². The van der Waals surface area contributed by atoms with E-state index in [-0.39, 0.29) is 5.91 Å². The fourth-order valence-electron chi connectivity index (χ4n) is 2.50. The second-order valence-corrected chi connectivity index (χ2v) is 4.76. The van der Waals surface area contributed by atoms with E-state index in [1.54, 1.807) is 11.0 Å². The molecule has 1 amide bonds. The molecule has 0 aliphatic carbocycles. The van der Waals surface area contributed by atoms with Gasteiger partial charge in [-0.05, 0) is 25.0 Å². The van der Waals surface area contributed by atoms with Crippen molar-refractivity contribution in [3.05, 3.63) is 53.9 Å². The van der Waals surface area contributed by atoms with E-state index in [1.807, 2.05) is 24.3 Å². The van der Waals surface area contributed by atoms with E-state index in [0.717, 1.165) is 17.7 Å². The third-order valence-corrected chi connectivity index (χ3v) is 3.50. The summed E-state index contributed by atoms with van der Waals surface area (Å²) in [6, 6.07) is 9.10. The summed E-state index contributed by atoms with van der Waals surface area (Å²) in [6.45, 7) is 0.567. The fourth-order valence-corrected chi connectivity index (χ4v) is 2.50. The van der Waals surface area contributed by atoms with Gasteiger partial charge in [0.1, 0.15) is 0 Å². The summed E-state index contributed by atoms with van der Waals surface area (Å²) in [5.41, 5.74) is 2.63. The van der Waals surface area contributed by atoms with Crippen LogP contribution in [0.5, 0.6) is 0 Å². The maximum absolute atomic E-state index is 12.7. The minimum atomic E-state index is -0.128. The standard InChI is InChI=1S/C15H14N4O2/c20-15(11-7-8-16-17-10-11)19-9-3-5-13(18-21)12-4-1-2-6-14(12)19/h1-2,4,6-8,10,21H,3,5,9H2/b18-13-. The number of rotatable bonds is 1. The number of benzene rings is 1. The van der Waals surface area contributed by atoms with Crippen LogP contribution in [-0.4, -0.2) is 33.6 Å². The zero-order chi connectivity index (χ0) is 14.7. The summed E-state index contributed by atoms with van der Waals surface area (Å²) in [4.78, 5) is 14.4. The third-order valence-electron chi connectivity index (χ3n) is 3.50. The van der Waals surface area contributed by atoms with Gasteiger partial charge in [-0.3, -0.25) is 4.79 Å². The molecule has 1 aromatic carbocycles. The van der Waals surface area contributed by atoms with Crippen LogP contribution in [0.4, 0.5) is 5.69 Å². The average molecular weight is 282 g/mol. The lowest BCUT2D eigenvalue weighted by molar-refractivity contribution is 0.0986. The SMILES string of the molecule is O=C(c1ccnnc1)N1CCC/C(=N/O)c2ccccc21. The number of hydrogen-bond donors (Lipinski definition) is 1. The molecule has 106 valence electrons. The Balaban J connectivity index is 2.05. The molecule has 6 heteroatoms. The molecule has 0 spiro atoms. The first kappa shape index (κ1) is 13.2. The summed E-state index contributed by atoms with van der Waals surface area (Å²) in [7, 11) is 0. The molecule has 0 fully saturated rings. The van der Waals surface area contributed by atoms with Crippen LogP contribution in [0.2, 0.25) is 0 Å². The zero-order valence-corrected chi connectivity index (χ0v) is 11.3. The lowest BCUT2D eigenvalue weighted by Crippen LogP contribution is -2.31. The van der Waals surface area contributed by atoms with Crippen molar-refractivity contribution in [3.8, 4) is 0 Å². The number of carbonyl (C=O) groups excluding carboxylic acids is 1. The van der Waals surface area contributed by atoms with E-state index in [0.29, 0.717) is 24.2 Å². The van der Waals surface area contributed by atoms with Gasteiger partial charge >= 0.3 is 0 Å². The molecule has 0 radical (unpaired) electrons. The first-order valence-corrected chi connectivity index (χ1v) is 6.70. The van der Waals surface area contributed by atoms with Crippen LogP contribution in [-0.2, 0) is 0 Å². The van der Waals surface area contributed by atoms with Crippen LogP contribution >= 0.6 is 0 Å². The topological polar surface area (TPSA) is 78.7 Å². The van der Waals surface area contributed by atoms with Gasteiger partial charge in [-0.1, -0.05) is 23.4 Å². The van der Waals surface area contributed by atoms with E-state index >= 15 is 0 Å². The smallest absolute Gasteiger partial charge is 0.259 e. The number of carbonyl (C=O) groups is 1. The molecule has 0 bridgehead atoms. The van der Waals surface area contributed by atoms with E-state index in [2.05, 4.69) is 15.4 Å². The van der Waals surface area contributed by atoms with Crippen molar-refractivity contribution >= 4 is 17.3 Å². The van der Waals surface area contributed by atoms with Crippen molar-refractivity contribution in [1.29, 1.82) is 0 Å². The molecule has 1 aromatic heterocycles. The molecule has 6 nitrogen and oxygen atoms in total. The first-order valence-electron chi connectivity index (χ1n) is 6.70. The Labute approximate surface area is 121 Å². The minimum absolute atomic E-state index is 0.128. The quantitative estimate of drug-likeness (QED) is 0.641. The summed E-state index contributed by atoms with van der Waals surface area (Å²) in [5, 5.41) is 20.0. The van der Waals surface area contributed by atoms with Gasteiger partial charge < -0.3 is 10.1 Å². The first-order chi connectivity index (χ1) is 10.3. The van der Waals surface area contributed by atoms with Crippen LogP contribution in [0.1, 0.15) is 28.8 Å². The van der Waals surface area contributed by atoms with Gasteiger partial charge in [0.2, 0.25) is 0 Å². The van der Waals surface area contributed by atoms with Crippen molar-refractivity contribution in [2.45, 2.75) is 12.8 Å². The number of para-hydroxylation sites is 1. The summed E-state index contributed by atoms with van der Waals surface area (Å²) < 4.78 is 0. The molecule has 0 atom stereocenters. The summed E-state index contributed by atoms with van der Waals surface area (Å²) in [6.07, 6.45) is 4.32. The molecule has 3 rings (SSSR count). The molecule has 0 saturated carbocycles. The Morgan fingerprint density at radius 2 is 2.10 bits per heavy atom. The molecule has 1 aliphatic rings. The van der Waals surface area contributed by atoms with Crippen LogP contribution < -0.4 is 4.90 Å². The number of amides is 1.